The Hall–Kier alpha value is -2.99. The van der Waals surface area contributed by atoms with Crippen LogP contribution in [0.3, 0.4) is 0 Å². The number of hydrogen-bond acceptors (Lipinski definition) is 4. The molecule has 2 aliphatic rings. The molecule has 0 aromatic heterocycles. The smallest absolute Gasteiger partial charge is 0.296 e. The summed E-state index contributed by atoms with van der Waals surface area (Å²) in [5.74, 6) is -2.06. The Kier molecular flexibility index (Phi) is 4.14. The summed E-state index contributed by atoms with van der Waals surface area (Å²) in [4.78, 5) is 44.3. The quantitative estimate of drug-likeness (QED) is 0.710. The molecule has 2 N–H and O–H groups in total. The number of fused-ring (bicyclic) bond motifs is 2. The van der Waals surface area contributed by atoms with Crippen molar-refractivity contribution in [2.75, 3.05) is 10.6 Å². The zero-order valence-electron chi connectivity index (χ0n) is 13.4. The maximum Gasteiger partial charge on any atom is 0.296 e. The SMILES string of the molecule is Cc1cc(Cl)cc2c1NC(=O)C2=O.Cc1cccc2c1NC(=O)C2=O. The highest BCUT2D eigenvalue weighted by Crippen LogP contribution is 2.30. The van der Waals surface area contributed by atoms with Gasteiger partial charge in [-0.05, 0) is 43.2 Å². The number of ketones is 2. The highest BCUT2D eigenvalue weighted by atomic mass is 35.5. The summed E-state index contributed by atoms with van der Waals surface area (Å²) < 4.78 is 0. The lowest BCUT2D eigenvalue weighted by molar-refractivity contribution is -0.112. The molecule has 0 spiro atoms. The first-order valence-corrected chi connectivity index (χ1v) is 7.78. The number of carbonyl (C=O) groups excluding carboxylic acids is 4. The fraction of sp³-hybridized carbons (Fsp3) is 0.111. The first-order chi connectivity index (χ1) is 11.8. The van der Waals surface area contributed by atoms with E-state index >= 15 is 0 Å². The van der Waals surface area contributed by atoms with Crippen molar-refractivity contribution in [2.45, 2.75) is 13.8 Å². The van der Waals surface area contributed by atoms with Gasteiger partial charge in [0.1, 0.15) is 0 Å². The van der Waals surface area contributed by atoms with Crippen molar-refractivity contribution < 1.29 is 19.2 Å². The average molecular weight is 357 g/mol. The molecule has 2 aliphatic heterocycles. The predicted molar refractivity (Wildman–Crippen MR) is 93.3 cm³/mol. The number of hydrogen-bond donors (Lipinski definition) is 2. The highest BCUT2D eigenvalue weighted by Gasteiger charge is 2.29. The van der Waals surface area contributed by atoms with Gasteiger partial charge in [-0.2, -0.15) is 0 Å². The van der Waals surface area contributed by atoms with Gasteiger partial charge in [-0.25, -0.2) is 0 Å². The van der Waals surface area contributed by atoms with E-state index in [-0.39, 0.29) is 0 Å². The van der Waals surface area contributed by atoms with Gasteiger partial charge in [0.05, 0.1) is 22.5 Å². The van der Waals surface area contributed by atoms with Gasteiger partial charge < -0.3 is 10.6 Å². The number of amides is 2. The van der Waals surface area contributed by atoms with Crippen LogP contribution in [0.4, 0.5) is 11.4 Å². The fourth-order valence-electron chi connectivity index (χ4n) is 2.70. The normalized spacial score (nSPS) is 14.4. The van der Waals surface area contributed by atoms with E-state index in [0.29, 0.717) is 27.5 Å². The van der Waals surface area contributed by atoms with Crippen LogP contribution in [-0.2, 0) is 9.59 Å². The second kappa shape index (κ2) is 6.14. The maximum atomic E-state index is 11.2. The number of carbonyl (C=O) groups is 4. The molecule has 4 rings (SSSR count). The molecule has 0 aliphatic carbocycles. The van der Waals surface area contributed by atoms with Gasteiger partial charge >= 0.3 is 0 Å². The third-order valence-electron chi connectivity index (χ3n) is 3.95. The standard InChI is InChI=1S/C9H6ClNO2.C9H7NO2/c1-4-2-5(10)3-6-7(4)11-9(13)8(6)12;1-5-3-2-4-6-7(5)10-9(12)8(6)11/h2-3H,1H3,(H,11,12,13);2-4H,1H3,(H,10,11,12). The van der Waals surface area contributed by atoms with Crippen molar-refractivity contribution in [2.24, 2.45) is 0 Å². The zero-order chi connectivity index (χ0) is 18.3. The Morgan fingerprint density at radius 1 is 0.760 bits per heavy atom. The molecule has 7 heteroatoms. The molecule has 0 saturated heterocycles. The number of halogens is 1. The molecule has 2 aromatic carbocycles. The van der Waals surface area contributed by atoms with E-state index in [9.17, 15) is 19.2 Å². The molecule has 0 saturated carbocycles. The number of para-hydroxylation sites is 1. The van der Waals surface area contributed by atoms with Crippen LogP contribution in [0.2, 0.25) is 5.02 Å². The summed E-state index contributed by atoms with van der Waals surface area (Å²) in [6.45, 7) is 3.65. The van der Waals surface area contributed by atoms with Crippen molar-refractivity contribution in [3.05, 3.63) is 57.6 Å². The molecule has 0 atom stereocenters. The van der Waals surface area contributed by atoms with E-state index in [4.69, 9.17) is 11.6 Å². The van der Waals surface area contributed by atoms with Crippen molar-refractivity contribution in [1.82, 2.24) is 0 Å². The number of rotatable bonds is 0. The van der Waals surface area contributed by atoms with Crippen LogP contribution >= 0.6 is 11.6 Å². The Morgan fingerprint density at radius 2 is 1.32 bits per heavy atom. The molecular formula is C18H13ClN2O4. The second-order valence-electron chi connectivity index (χ2n) is 5.71. The van der Waals surface area contributed by atoms with Gasteiger partial charge in [-0.15, -0.1) is 0 Å². The van der Waals surface area contributed by atoms with E-state index in [2.05, 4.69) is 10.6 Å². The summed E-state index contributed by atoms with van der Waals surface area (Å²) in [6, 6.07) is 8.50. The van der Waals surface area contributed by atoms with Gasteiger partial charge in [-0.3, -0.25) is 19.2 Å². The lowest BCUT2D eigenvalue weighted by atomic mass is 10.1. The molecule has 6 nitrogen and oxygen atoms in total. The largest absolute Gasteiger partial charge is 0.318 e. The van der Waals surface area contributed by atoms with Gasteiger partial charge in [0, 0.05) is 5.02 Å². The molecular weight excluding hydrogens is 344 g/mol. The fourth-order valence-corrected chi connectivity index (χ4v) is 2.97. The third-order valence-corrected chi connectivity index (χ3v) is 4.17. The highest BCUT2D eigenvalue weighted by molar-refractivity contribution is 6.52. The Balaban J connectivity index is 0.000000146. The number of anilines is 2. The minimum Gasteiger partial charge on any atom is -0.318 e. The van der Waals surface area contributed by atoms with Gasteiger partial charge in [0.2, 0.25) is 0 Å². The minimum absolute atomic E-state index is 0.370. The number of benzene rings is 2. The molecule has 0 radical (unpaired) electrons. The summed E-state index contributed by atoms with van der Waals surface area (Å²) in [5.41, 5.74) is 3.83. The first kappa shape index (κ1) is 16.9. The molecule has 0 bridgehead atoms. The maximum absolute atomic E-state index is 11.2. The molecule has 2 heterocycles. The predicted octanol–water partition coefficient (Wildman–Crippen LogP) is 2.91. The van der Waals surface area contributed by atoms with Crippen LogP contribution in [0.1, 0.15) is 31.8 Å². The van der Waals surface area contributed by atoms with Gasteiger partial charge in [0.25, 0.3) is 23.4 Å². The number of aryl methyl sites for hydroxylation is 2. The van der Waals surface area contributed by atoms with E-state index in [1.807, 2.05) is 13.0 Å². The van der Waals surface area contributed by atoms with Crippen LogP contribution in [0.25, 0.3) is 0 Å². The zero-order valence-corrected chi connectivity index (χ0v) is 14.2. The van der Waals surface area contributed by atoms with Crippen molar-refractivity contribution in [1.29, 1.82) is 0 Å². The molecule has 0 fully saturated rings. The van der Waals surface area contributed by atoms with E-state index < -0.39 is 23.4 Å². The van der Waals surface area contributed by atoms with Crippen molar-refractivity contribution in [3.63, 3.8) is 0 Å². The lowest BCUT2D eigenvalue weighted by Gasteiger charge is -2.01. The summed E-state index contributed by atoms with van der Waals surface area (Å²) in [5, 5.41) is 5.50. The van der Waals surface area contributed by atoms with E-state index in [0.717, 1.165) is 11.1 Å². The van der Waals surface area contributed by atoms with E-state index in [1.54, 1.807) is 25.1 Å². The van der Waals surface area contributed by atoms with E-state index in [1.165, 1.54) is 6.07 Å². The van der Waals surface area contributed by atoms with Crippen LogP contribution in [0.5, 0.6) is 0 Å². The van der Waals surface area contributed by atoms with Gasteiger partial charge in [0.15, 0.2) is 0 Å². The number of nitrogens with one attached hydrogen (secondary N) is 2. The second-order valence-corrected chi connectivity index (χ2v) is 6.15. The summed E-state index contributed by atoms with van der Waals surface area (Å²) in [7, 11) is 0. The Bertz CT molecular complexity index is 966. The first-order valence-electron chi connectivity index (χ1n) is 7.40. The van der Waals surface area contributed by atoms with Crippen LogP contribution in [-0.4, -0.2) is 23.4 Å². The Morgan fingerprint density at radius 3 is 1.92 bits per heavy atom. The van der Waals surface area contributed by atoms with Crippen molar-refractivity contribution in [3.8, 4) is 0 Å². The summed E-state index contributed by atoms with van der Waals surface area (Å²) >= 11 is 5.75. The number of Topliss-reactive ketones (excluding diaryl/α,β-unsaturated/α-hetero) is 2. The molecule has 126 valence electrons. The van der Waals surface area contributed by atoms with Crippen LogP contribution in [0, 0.1) is 13.8 Å². The molecule has 25 heavy (non-hydrogen) atoms. The Labute approximate surface area is 148 Å². The topological polar surface area (TPSA) is 92.3 Å². The van der Waals surface area contributed by atoms with Crippen LogP contribution in [0.15, 0.2) is 30.3 Å². The molecule has 2 aromatic rings. The average Bonchev–Trinajstić information content (AvgIpc) is 3.01. The van der Waals surface area contributed by atoms with Gasteiger partial charge in [-0.1, -0.05) is 23.7 Å². The minimum atomic E-state index is -0.583. The van der Waals surface area contributed by atoms with Crippen molar-refractivity contribution >= 4 is 46.4 Å². The summed E-state index contributed by atoms with van der Waals surface area (Å²) in [6.07, 6.45) is 0. The molecule has 0 unspecified atom stereocenters. The third kappa shape index (κ3) is 2.92. The van der Waals surface area contributed by atoms with Crippen LogP contribution < -0.4 is 10.6 Å². The lowest BCUT2D eigenvalue weighted by Crippen LogP contribution is -2.12. The monoisotopic (exact) mass is 356 g/mol. The molecule has 2 amide bonds.